The summed E-state index contributed by atoms with van der Waals surface area (Å²) in [4.78, 5) is 21.6. The van der Waals surface area contributed by atoms with E-state index in [4.69, 9.17) is 5.73 Å². The molecule has 4 N–H and O–H groups in total. The van der Waals surface area contributed by atoms with E-state index in [9.17, 15) is 14.9 Å². The van der Waals surface area contributed by atoms with Crippen molar-refractivity contribution in [3.05, 3.63) is 28.3 Å². The number of nitrogens with zero attached hydrogens (tertiary/aromatic N) is 1. The lowest BCUT2D eigenvalue weighted by molar-refractivity contribution is -0.383. The van der Waals surface area contributed by atoms with E-state index in [0.29, 0.717) is 6.54 Å². The van der Waals surface area contributed by atoms with Crippen LogP contribution in [0, 0.1) is 10.1 Å². The number of nitro benzene ring substituents is 1. The van der Waals surface area contributed by atoms with Crippen molar-refractivity contribution in [2.75, 3.05) is 24.1 Å². The van der Waals surface area contributed by atoms with Crippen molar-refractivity contribution in [2.45, 2.75) is 13.3 Å². The van der Waals surface area contributed by atoms with Gasteiger partial charge >= 0.3 is 5.69 Å². The van der Waals surface area contributed by atoms with E-state index in [2.05, 4.69) is 10.6 Å². The van der Waals surface area contributed by atoms with E-state index in [1.165, 1.54) is 12.1 Å². The summed E-state index contributed by atoms with van der Waals surface area (Å²) in [5.41, 5.74) is 5.63. The molecule has 0 saturated carbocycles. The third kappa shape index (κ3) is 3.62. The average Bonchev–Trinajstić information content (AvgIpc) is 2.33. The van der Waals surface area contributed by atoms with Crippen LogP contribution in [0.25, 0.3) is 0 Å². The topological polar surface area (TPSA) is 110 Å². The predicted octanol–water partition coefficient (Wildman–Crippen LogP) is 1.12. The Kier molecular flexibility index (Phi) is 4.91. The number of nitrogens with one attached hydrogen (secondary N) is 2. The molecule has 98 valence electrons. The summed E-state index contributed by atoms with van der Waals surface area (Å²) in [6.07, 6.45) is 0.837. The molecule has 1 aromatic carbocycles. The van der Waals surface area contributed by atoms with Gasteiger partial charge in [-0.1, -0.05) is 13.0 Å². The maximum atomic E-state index is 11.4. The van der Waals surface area contributed by atoms with E-state index in [1.807, 2.05) is 6.92 Å². The summed E-state index contributed by atoms with van der Waals surface area (Å²) in [7, 11) is 0. The van der Waals surface area contributed by atoms with Crippen LogP contribution in [0.15, 0.2) is 18.2 Å². The minimum Gasteiger partial charge on any atom is -0.393 e. The smallest absolute Gasteiger partial charge is 0.314 e. The van der Waals surface area contributed by atoms with Crippen LogP contribution in [0.4, 0.5) is 17.1 Å². The molecule has 0 heterocycles. The Morgan fingerprint density at radius 1 is 1.50 bits per heavy atom. The molecule has 0 fully saturated rings. The third-order valence-corrected chi connectivity index (χ3v) is 2.26. The highest BCUT2D eigenvalue weighted by atomic mass is 16.6. The first-order chi connectivity index (χ1) is 8.56. The molecular formula is C11H16N4O3. The van der Waals surface area contributed by atoms with Gasteiger partial charge < -0.3 is 16.4 Å². The van der Waals surface area contributed by atoms with Gasteiger partial charge in [0.2, 0.25) is 5.91 Å². The molecule has 0 saturated heterocycles. The number of nitrogens with two attached hydrogens (primary N) is 1. The molecule has 7 heteroatoms. The number of nitro groups is 1. The normalized spacial score (nSPS) is 9.83. The van der Waals surface area contributed by atoms with Crippen molar-refractivity contribution >= 4 is 23.0 Å². The molecule has 0 aliphatic heterocycles. The molecule has 0 aliphatic carbocycles. The average molecular weight is 252 g/mol. The van der Waals surface area contributed by atoms with Gasteiger partial charge in [-0.3, -0.25) is 14.9 Å². The summed E-state index contributed by atoms with van der Waals surface area (Å²) >= 11 is 0. The highest BCUT2D eigenvalue weighted by molar-refractivity contribution is 5.83. The van der Waals surface area contributed by atoms with Gasteiger partial charge in [-0.15, -0.1) is 0 Å². The van der Waals surface area contributed by atoms with Gasteiger partial charge in [0.25, 0.3) is 0 Å². The minimum absolute atomic E-state index is 0.0235. The lowest BCUT2D eigenvalue weighted by atomic mass is 10.2. The summed E-state index contributed by atoms with van der Waals surface area (Å²) < 4.78 is 0. The van der Waals surface area contributed by atoms with Crippen LogP contribution < -0.4 is 16.4 Å². The van der Waals surface area contributed by atoms with Gasteiger partial charge in [-0.2, -0.15) is 0 Å². The van der Waals surface area contributed by atoms with Crippen LogP contribution in [0.1, 0.15) is 13.3 Å². The zero-order valence-corrected chi connectivity index (χ0v) is 10.1. The minimum atomic E-state index is -0.568. The van der Waals surface area contributed by atoms with Crippen molar-refractivity contribution in [3.8, 4) is 0 Å². The number of nitrogen functional groups attached to an aromatic ring is 1. The van der Waals surface area contributed by atoms with Gasteiger partial charge in [0.1, 0.15) is 11.4 Å². The standard InChI is InChI=1S/C11H16N4O3/c1-2-6-13-10(16)7-14-9-5-3-4-8(12)11(9)15(17)18/h3-5,14H,2,6-7,12H2,1H3,(H,13,16). The zero-order chi connectivity index (χ0) is 13.5. The molecule has 0 spiro atoms. The van der Waals surface area contributed by atoms with E-state index in [1.54, 1.807) is 6.07 Å². The summed E-state index contributed by atoms with van der Waals surface area (Å²) in [5, 5.41) is 16.2. The Labute approximate surface area is 105 Å². The van der Waals surface area contributed by atoms with Crippen LogP contribution in [-0.2, 0) is 4.79 Å². The molecule has 0 bridgehead atoms. The first kappa shape index (κ1) is 13.8. The molecule has 0 aliphatic rings. The van der Waals surface area contributed by atoms with E-state index in [0.717, 1.165) is 6.42 Å². The van der Waals surface area contributed by atoms with Gasteiger partial charge in [0.05, 0.1) is 11.5 Å². The molecular weight excluding hydrogens is 236 g/mol. The van der Waals surface area contributed by atoms with Crippen molar-refractivity contribution in [1.82, 2.24) is 5.32 Å². The second-order valence-electron chi connectivity index (χ2n) is 3.70. The lowest BCUT2D eigenvalue weighted by Gasteiger charge is -2.08. The Balaban J connectivity index is 2.70. The second kappa shape index (κ2) is 6.43. The fourth-order valence-electron chi connectivity index (χ4n) is 1.41. The van der Waals surface area contributed by atoms with Crippen molar-refractivity contribution in [2.24, 2.45) is 0 Å². The zero-order valence-electron chi connectivity index (χ0n) is 10.1. The summed E-state index contributed by atoms with van der Waals surface area (Å²) in [6, 6.07) is 4.55. The van der Waals surface area contributed by atoms with Crippen molar-refractivity contribution < 1.29 is 9.72 Å². The van der Waals surface area contributed by atoms with Gasteiger partial charge in [-0.25, -0.2) is 0 Å². The van der Waals surface area contributed by atoms with Gasteiger partial charge in [0, 0.05) is 6.54 Å². The number of hydrogen-bond acceptors (Lipinski definition) is 5. The number of benzene rings is 1. The molecule has 7 nitrogen and oxygen atoms in total. The van der Waals surface area contributed by atoms with Crippen molar-refractivity contribution in [1.29, 1.82) is 0 Å². The number of amides is 1. The Morgan fingerprint density at radius 2 is 2.22 bits per heavy atom. The fraction of sp³-hybridized carbons (Fsp3) is 0.364. The molecule has 18 heavy (non-hydrogen) atoms. The quantitative estimate of drug-likeness (QED) is 0.399. The number of carbonyl (C=O) groups is 1. The molecule has 0 atom stereocenters. The Bertz CT molecular complexity index is 448. The molecule has 0 radical (unpaired) electrons. The number of anilines is 2. The van der Waals surface area contributed by atoms with Crippen LogP contribution in [-0.4, -0.2) is 23.9 Å². The van der Waals surface area contributed by atoms with Gasteiger partial charge in [-0.05, 0) is 18.6 Å². The van der Waals surface area contributed by atoms with E-state index in [-0.39, 0.29) is 29.5 Å². The highest BCUT2D eigenvalue weighted by Gasteiger charge is 2.17. The first-order valence-corrected chi connectivity index (χ1v) is 5.59. The molecule has 1 rings (SSSR count). The van der Waals surface area contributed by atoms with Crippen LogP contribution in [0.2, 0.25) is 0 Å². The molecule has 1 amide bonds. The maximum absolute atomic E-state index is 11.4. The number of hydrogen-bond donors (Lipinski definition) is 3. The predicted molar refractivity (Wildman–Crippen MR) is 69.3 cm³/mol. The summed E-state index contributed by atoms with van der Waals surface area (Å²) in [6.45, 7) is 2.50. The number of rotatable bonds is 6. The van der Waals surface area contributed by atoms with Gasteiger partial charge in [0.15, 0.2) is 0 Å². The fourth-order valence-corrected chi connectivity index (χ4v) is 1.41. The monoisotopic (exact) mass is 252 g/mol. The molecule has 0 aromatic heterocycles. The largest absolute Gasteiger partial charge is 0.393 e. The van der Waals surface area contributed by atoms with Crippen LogP contribution in [0.3, 0.4) is 0 Å². The van der Waals surface area contributed by atoms with Crippen LogP contribution >= 0.6 is 0 Å². The third-order valence-electron chi connectivity index (χ3n) is 2.26. The summed E-state index contributed by atoms with van der Waals surface area (Å²) in [5.74, 6) is -0.214. The number of carbonyl (C=O) groups excluding carboxylic acids is 1. The second-order valence-corrected chi connectivity index (χ2v) is 3.70. The molecule has 1 aromatic rings. The van der Waals surface area contributed by atoms with E-state index < -0.39 is 4.92 Å². The van der Waals surface area contributed by atoms with E-state index >= 15 is 0 Å². The van der Waals surface area contributed by atoms with Crippen molar-refractivity contribution in [3.63, 3.8) is 0 Å². The maximum Gasteiger partial charge on any atom is 0.314 e. The highest BCUT2D eigenvalue weighted by Crippen LogP contribution is 2.30. The Hall–Kier alpha value is -2.31. The Morgan fingerprint density at radius 3 is 2.83 bits per heavy atom. The SMILES string of the molecule is CCCNC(=O)CNc1cccc(N)c1[N+](=O)[O-]. The first-order valence-electron chi connectivity index (χ1n) is 5.59. The van der Waals surface area contributed by atoms with Crippen LogP contribution in [0.5, 0.6) is 0 Å². The molecule has 0 unspecified atom stereocenters. The lowest BCUT2D eigenvalue weighted by Crippen LogP contribution is -2.30. The number of para-hydroxylation sites is 1.